The van der Waals surface area contributed by atoms with Gasteiger partial charge in [-0.05, 0) is 71.8 Å². The number of carbonyl (C=O) groups excluding carboxylic acids is 3. The van der Waals surface area contributed by atoms with Crippen LogP contribution in [0.2, 0.25) is 5.02 Å². The molecule has 1 aromatic heterocycles. The van der Waals surface area contributed by atoms with Gasteiger partial charge in [0.05, 0.1) is 30.2 Å². The summed E-state index contributed by atoms with van der Waals surface area (Å²) in [7, 11) is 2.99. The van der Waals surface area contributed by atoms with Crippen LogP contribution in [0.5, 0.6) is 11.5 Å². The largest absolute Gasteiger partial charge is 0.495 e. The Labute approximate surface area is 257 Å². The summed E-state index contributed by atoms with van der Waals surface area (Å²) in [5.41, 5.74) is 2.25. The van der Waals surface area contributed by atoms with Crippen LogP contribution in [0, 0.1) is 0 Å². The fourth-order valence-electron chi connectivity index (χ4n) is 3.76. The summed E-state index contributed by atoms with van der Waals surface area (Å²) < 4.78 is 10.6. The molecule has 3 amide bonds. The number of thiophene rings is 1. The lowest BCUT2D eigenvalue weighted by molar-refractivity contribution is -0.115. The zero-order valence-corrected chi connectivity index (χ0v) is 25.4. The molecule has 0 saturated carbocycles. The van der Waals surface area contributed by atoms with Crippen molar-refractivity contribution in [1.82, 2.24) is 5.32 Å². The number of amides is 3. The standard InChI is InChI=1S/C31H28ClN3O5S2/c1-19(29(36)34-25-16-24(32)27(39-2)17-28(25)40-3)42-23-11-7-10-22(15-23)33-31(38)26(14-20-12-13-41-18-20)35-30(37)21-8-5-4-6-9-21/h4-19H,1-3H3,(H,33,38)(H,34,36)(H,35,37)/b26-14-. The van der Waals surface area contributed by atoms with E-state index in [1.807, 2.05) is 29.0 Å². The van der Waals surface area contributed by atoms with E-state index in [1.165, 1.54) is 37.3 Å². The number of benzene rings is 3. The Hall–Kier alpha value is -4.25. The van der Waals surface area contributed by atoms with Gasteiger partial charge in [0, 0.05) is 22.2 Å². The second-order valence-electron chi connectivity index (χ2n) is 8.85. The molecule has 4 aromatic rings. The number of halogens is 1. The van der Waals surface area contributed by atoms with Crippen LogP contribution in [0.25, 0.3) is 6.08 Å². The third-order valence-electron chi connectivity index (χ3n) is 5.89. The Morgan fingerprint density at radius 2 is 1.69 bits per heavy atom. The highest BCUT2D eigenvalue weighted by molar-refractivity contribution is 8.00. The van der Waals surface area contributed by atoms with Crippen molar-refractivity contribution in [3.63, 3.8) is 0 Å². The van der Waals surface area contributed by atoms with E-state index in [0.717, 1.165) is 10.5 Å². The maximum absolute atomic E-state index is 13.3. The van der Waals surface area contributed by atoms with Gasteiger partial charge in [-0.15, -0.1) is 11.8 Å². The van der Waals surface area contributed by atoms with E-state index in [2.05, 4.69) is 16.0 Å². The SMILES string of the molecule is COc1cc(OC)c(NC(=O)C(C)Sc2cccc(NC(=O)/C(=C/c3ccsc3)NC(=O)c3ccccc3)c2)cc1Cl. The molecular weight excluding hydrogens is 594 g/mol. The van der Waals surface area contributed by atoms with E-state index < -0.39 is 17.1 Å². The molecule has 1 unspecified atom stereocenters. The van der Waals surface area contributed by atoms with E-state index in [9.17, 15) is 14.4 Å². The Balaban J connectivity index is 1.45. The van der Waals surface area contributed by atoms with Gasteiger partial charge in [0.2, 0.25) is 5.91 Å². The van der Waals surface area contributed by atoms with Crippen LogP contribution in [0.1, 0.15) is 22.8 Å². The fraction of sp³-hybridized carbons (Fsp3) is 0.129. The van der Waals surface area contributed by atoms with Crippen molar-refractivity contribution in [2.45, 2.75) is 17.1 Å². The molecule has 8 nitrogen and oxygen atoms in total. The topological polar surface area (TPSA) is 106 Å². The van der Waals surface area contributed by atoms with Gasteiger partial charge in [0.1, 0.15) is 17.2 Å². The molecule has 0 aliphatic rings. The average Bonchev–Trinajstić information content (AvgIpc) is 3.50. The normalized spacial score (nSPS) is 11.8. The summed E-state index contributed by atoms with van der Waals surface area (Å²) in [6.45, 7) is 1.77. The van der Waals surface area contributed by atoms with Gasteiger partial charge in [-0.3, -0.25) is 14.4 Å². The summed E-state index contributed by atoms with van der Waals surface area (Å²) in [6, 6.07) is 20.8. The van der Waals surface area contributed by atoms with E-state index in [0.29, 0.717) is 33.5 Å². The molecule has 1 heterocycles. The third kappa shape index (κ3) is 8.16. The van der Waals surface area contributed by atoms with Crippen molar-refractivity contribution in [3.8, 4) is 11.5 Å². The van der Waals surface area contributed by atoms with Gasteiger partial charge >= 0.3 is 0 Å². The number of nitrogens with one attached hydrogen (secondary N) is 3. The summed E-state index contributed by atoms with van der Waals surface area (Å²) >= 11 is 9.03. The maximum Gasteiger partial charge on any atom is 0.272 e. The van der Waals surface area contributed by atoms with Crippen molar-refractivity contribution >= 4 is 69.9 Å². The first kappa shape index (κ1) is 30.7. The molecule has 0 spiro atoms. The predicted octanol–water partition coefficient (Wildman–Crippen LogP) is 6.95. The van der Waals surface area contributed by atoms with Gasteiger partial charge in [-0.2, -0.15) is 11.3 Å². The molecule has 3 N–H and O–H groups in total. The first-order valence-electron chi connectivity index (χ1n) is 12.7. The van der Waals surface area contributed by atoms with Crippen molar-refractivity contribution in [2.24, 2.45) is 0 Å². The molecule has 0 aliphatic carbocycles. The molecule has 1 atom stereocenters. The molecule has 216 valence electrons. The number of hydrogen-bond donors (Lipinski definition) is 3. The van der Waals surface area contributed by atoms with Crippen molar-refractivity contribution in [2.75, 3.05) is 24.9 Å². The van der Waals surface area contributed by atoms with Crippen molar-refractivity contribution < 1.29 is 23.9 Å². The van der Waals surface area contributed by atoms with Crippen molar-refractivity contribution in [3.05, 3.63) is 105 Å². The minimum atomic E-state index is -0.499. The lowest BCUT2D eigenvalue weighted by Crippen LogP contribution is -2.30. The van der Waals surface area contributed by atoms with Gasteiger partial charge in [-0.25, -0.2) is 0 Å². The average molecular weight is 622 g/mol. The lowest BCUT2D eigenvalue weighted by atomic mass is 10.2. The zero-order chi connectivity index (χ0) is 30.1. The molecule has 3 aromatic carbocycles. The molecule has 4 rings (SSSR count). The number of carbonyl (C=O) groups is 3. The minimum Gasteiger partial charge on any atom is -0.495 e. The first-order valence-corrected chi connectivity index (χ1v) is 14.9. The quantitative estimate of drug-likeness (QED) is 0.124. The number of methoxy groups -OCH3 is 2. The van der Waals surface area contributed by atoms with Gasteiger partial charge in [-0.1, -0.05) is 35.9 Å². The van der Waals surface area contributed by atoms with Gasteiger partial charge < -0.3 is 25.4 Å². The van der Waals surface area contributed by atoms with E-state index in [-0.39, 0.29) is 11.6 Å². The summed E-state index contributed by atoms with van der Waals surface area (Å²) in [5.74, 6) is -0.301. The first-order chi connectivity index (χ1) is 20.3. The zero-order valence-electron chi connectivity index (χ0n) is 23.0. The van der Waals surface area contributed by atoms with E-state index >= 15 is 0 Å². The summed E-state index contributed by atoms with van der Waals surface area (Å²) in [5, 5.41) is 12.0. The van der Waals surface area contributed by atoms with Crippen LogP contribution >= 0.6 is 34.7 Å². The van der Waals surface area contributed by atoms with Crippen LogP contribution in [0.3, 0.4) is 0 Å². The Morgan fingerprint density at radius 1 is 0.929 bits per heavy atom. The Kier molecular flexibility index (Phi) is 10.7. The fourth-order valence-corrected chi connectivity index (χ4v) is 5.55. The van der Waals surface area contributed by atoms with Gasteiger partial charge in [0.15, 0.2) is 0 Å². The second kappa shape index (κ2) is 14.6. The molecule has 0 fully saturated rings. The smallest absolute Gasteiger partial charge is 0.272 e. The maximum atomic E-state index is 13.3. The monoisotopic (exact) mass is 621 g/mol. The van der Waals surface area contributed by atoms with Crippen LogP contribution in [0.15, 0.2) is 94.1 Å². The molecular formula is C31H28ClN3O5S2. The lowest BCUT2D eigenvalue weighted by Gasteiger charge is -2.16. The molecule has 0 radical (unpaired) electrons. The van der Waals surface area contributed by atoms with Crippen LogP contribution < -0.4 is 25.4 Å². The van der Waals surface area contributed by atoms with Crippen LogP contribution in [-0.2, 0) is 9.59 Å². The number of hydrogen-bond acceptors (Lipinski definition) is 7. The number of ether oxygens (including phenoxy) is 2. The van der Waals surface area contributed by atoms with Crippen LogP contribution in [0.4, 0.5) is 11.4 Å². The third-order valence-corrected chi connectivity index (χ3v) is 7.98. The highest BCUT2D eigenvalue weighted by Gasteiger charge is 2.19. The van der Waals surface area contributed by atoms with Gasteiger partial charge in [0.25, 0.3) is 11.8 Å². The summed E-state index contributed by atoms with van der Waals surface area (Å²) in [6.07, 6.45) is 1.62. The second-order valence-corrected chi connectivity index (χ2v) is 11.5. The van der Waals surface area contributed by atoms with E-state index in [4.69, 9.17) is 21.1 Å². The predicted molar refractivity (Wildman–Crippen MR) is 170 cm³/mol. The number of rotatable bonds is 11. The van der Waals surface area contributed by atoms with Crippen LogP contribution in [-0.4, -0.2) is 37.2 Å². The number of anilines is 2. The number of thioether (sulfide) groups is 1. The molecule has 0 aliphatic heterocycles. The molecule has 42 heavy (non-hydrogen) atoms. The Bertz CT molecular complexity index is 1590. The Morgan fingerprint density at radius 3 is 2.38 bits per heavy atom. The molecule has 11 heteroatoms. The minimum absolute atomic E-state index is 0.0974. The van der Waals surface area contributed by atoms with Crippen molar-refractivity contribution in [1.29, 1.82) is 0 Å². The molecule has 0 bridgehead atoms. The highest BCUT2D eigenvalue weighted by atomic mass is 35.5. The summed E-state index contributed by atoms with van der Waals surface area (Å²) in [4.78, 5) is 39.9. The van der Waals surface area contributed by atoms with E-state index in [1.54, 1.807) is 67.6 Å². The molecule has 0 saturated heterocycles. The highest BCUT2D eigenvalue weighted by Crippen LogP contribution is 2.36.